The first-order valence-electron chi connectivity index (χ1n) is 4.43. The molecule has 2 atom stereocenters. The monoisotopic (exact) mass is 171 g/mol. The maximum atomic E-state index is 10.8. The van der Waals surface area contributed by atoms with Crippen LogP contribution in [0.2, 0.25) is 0 Å². The van der Waals surface area contributed by atoms with Crippen molar-refractivity contribution in [2.45, 2.75) is 13.8 Å². The number of aliphatic carboxylic acids is 1. The van der Waals surface area contributed by atoms with Crippen LogP contribution in [-0.4, -0.2) is 36.1 Å². The van der Waals surface area contributed by atoms with Crippen LogP contribution >= 0.6 is 0 Å². The molecule has 12 heavy (non-hydrogen) atoms. The van der Waals surface area contributed by atoms with Crippen LogP contribution in [-0.2, 0) is 4.79 Å². The van der Waals surface area contributed by atoms with E-state index in [-0.39, 0.29) is 5.92 Å². The molecule has 1 N–H and O–H groups in total. The molecule has 0 bridgehead atoms. The van der Waals surface area contributed by atoms with Crippen molar-refractivity contribution < 1.29 is 9.90 Å². The lowest BCUT2D eigenvalue weighted by atomic mass is 9.86. The average molecular weight is 171 g/mol. The highest BCUT2D eigenvalue weighted by Crippen LogP contribution is 2.28. The summed E-state index contributed by atoms with van der Waals surface area (Å²) in [6.07, 6.45) is 0. The molecular weight excluding hydrogens is 154 g/mol. The Bertz CT molecular complexity index is 179. The summed E-state index contributed by atoms with van der Waals surface area (Å²) >= 11 is 0. The van der Waals surface area contributed by atoms with Gasteiger partial charge in [0.2, 0.25) is 0 Å². The van der Waals surface area contributed by atoms with Crippen molar-refractivity contribution in [3.8, 4) is 0 Å². The van der Waals surface area contributed by atoms with E-state index in [9.17, 15) is 4.79 Å². The first kappa shape index (κ1) is 9.52. The molecular formula is C9H17NO2. The molecule has 1 saturated heterocycles. The Labute approximate surface area is 73.4 Å². The number of carboxylic acid groups (broad SMARTS) is 1. The predicted molar refractivity (Wildman–Crippen MR) is 47.0 cm³/mol. The van der Waals surface area contributed by atoms with Crippen LogP contribution in [0.3, 0.4) is 0 Å². The SMILES string of the molecule is CC(C)[C@H]1CN(C)C[C@@H]1C(=O)O. The van der Waals surface area contributed by atoms with Gasteiger partial charge in [-0.25, -0.2) is 0 Å². The molecule has 0 radical (unpaired) electrons. The molecule has 0 saturated carbocycles. The zero-order valence-corrected chi connectivity index (χ0v) is 7.95. The molecule has 0 spiro atoms. The molecule has 0 aromatic heterocycles. The van der Waals surface area contributed by atoms with Gasteiger partial charge in [-0.2, -0.15) is 0 Å². The van der Waals surface area contributed by atoms with Crippen LogP contribution in [0.1, 0.15) is 13.8 Å². The van der Waals surface area contributed by atoms with Crippen molar-refractivity contribution in [3.63, 3.8) is 0 Å². The summed E-state index contributed by atoms with van der Waals surface area (Å²) in [5, 5.41) is 8.92. The van der Waals surface area contributed by atoms with Crippen LogP contribution in [0.15, 0.2) is 0 Å². The second-order valence-corrected chi connectivity index (χ2v) is 4.07. The lowest BCUT2D eigenvalue weighted by Crippen LogP contribution is -2.25. The van der Waals surface area contributed by atoms with Crippen molar-refractivity contribution in [2.75, 3.05) is 20.1 Å². The fourth-order valence-corrected chi connectivity index (χ4v) is 1.97. The van der Waals surface area contributed by atoms with Crippen LogP contribution in [0.4, 0.5) is 0 Å². The van der Waals surface area contributed by atoms with Crippen molar-refractivity contribution in [1.82, 2.24) is 4.90 Å². The molecule has 1 fully saturated rings. The molecule has 0 aromatic rings. The maximum absolute atomic E-state index is 10.8. The maximum Gasteiger partial charge on any atom is 0.308 e. The van der Waals surface area contributed by atoms with E-state index >= 15 is 0 Å². The molecule has 0 aliphatic carbocycles. The third kappa shape index (κ3) is 1.78. The predicted octanol–water partition coefficient (Wildman–Crippen LogP) is 0.905. The second kappa shape index (κ2) is 3.44. The molecule has 0 unspecified atom stereocenters. The molecule has 1 heterocycles. The van der Waals surface area contributed by atoms with Gasteiger partial charge in [0.05, 0.1) is 5.92 Å². The second-order valence-electron chi connectivity index (χ2n) is 4.07. The standard InChI is InChI=1S/C9H17NO2/c1-6(2)7-4-10(3)5-8(7)9(11)12/h6-8H,4-5H2,1-3H3,(H,11,12)/t7-,8+/m1/s1. The van der Waals surface area contributed by atoms with E-state index in [1.165, 1.54) is 0 Å². The first-order valence-corrected chi connectivity index (χ1v) is 4.43. The van der Waals surface area contributed by atoms with Crippen molar-refractivity contribution in [1.29, 1.82) is 0 Å². The van der Waals surface area contributed by atoms with Gasteiger partial charge >= 0.3 is 5.97 Å². The number of carboxylic acids is 1. The van der Waals surface area contributed by atoms with Gasteiger partial charge in [-0.1, -0.05) is 13.8 Å². The number of rotatable bonds is 2. The molecule has 1 aliphatic heterocycles. The molecule has 70 valence electrons. The van der Waals surface area contributed by atoms with E-state index in [1.54, 1.807) is 0 Å². The number of likely N-dealkylation sites (tertiary alicyclic amines) is 1. The minimum absolute atomic E-state index is 0.157. The zero-order chi connectivity index (χ0) is 9.30. The van der Waals surface area contributed by atoms with Crippen LogP contribution in [0.5, 0.6) is 0 Å². The molecule has 3 heteroatoms. The molecule has 3 nitrogen and oxygen atoms in total. The molecule has 0 aromatic carbocycles. The first-order chi connectivity index (χ1) is 5.52. The van der Waals surface area contributed by atoms with Crippen LogP contribution in [0, 0.1) is 17.8 Å². The molecule has 0 amide bonds. The highest BCUT2D eigenvalue weighted by atomic mass is 16.4. The zero-order valence-electron chi connectivity index (χ0n) is 7.95. The van der Waals surface area contributed by atoms with Crippen LogP contribution < -0.4 is 0 Å². The van der Waals surface area contributed by atoms with Crippen LogP contribution in [0.25, 0.3) is 0 Å². The summed E-state index contributed by atoms with van der Waals surface area (Å²) in [6, 6.07) is 0. The quantitative estimate of drug-likeness (QED) is 0.671. The van der Waals surface area contributed by atoms with E-state index in [0.29, 0.717) is 18.4 Å². The highest BCUT2D eigenvalue weighted by Gasteiger charge is 2.37. The van der Waals surface area contributed by atoms with Gasteiger partial charge in [0.15, 0.2) is 0 Å². The van der Waals surface area contributed by atoms with E-state index in [1.807, 2.05) is 7.05 Å². The summed E-state index contributed by atoms with van der Waals surface area (Å²) in [7, 11) is 1.98. The fraction of sp³-hybridized carbons (Fsp3) is 0.889. The van der Waals surface area contributed by atoms with Crippen molar-refractivity contribution >= 4 is 5.97 Å². The molecule has 1 aliphatic rings. The van der Waals surface area contributed by atoms with Gasteiger partial charge in [-0.15, -0.1) is 0 Å². The summed E-state index contributed by atoms with van der Waals surface area (Å²) in [4.78, 5) is 12.9. The highest BCUT2D eigenvalue weighted by molar-refractivity contribution is 5.71. The van der Waals surface area contributed by atoms with E-state index in [2.05, 4.69) is 18.7 Å². The number of hydrogen-bond acceptors (Lipinski definition) is 2. The minimum atomic E-state index is -0.641. The number of hydrogen-bond donors (Lipinski definition) is 1. The van der Waals surface area contributed by atoms with Gasteiger partial charge in [0.25, 0.3) is 0 Å². The van der Waals surface area contributed by atoms with E-state index in [0.717, 1.165) is 6.54 Å². The largest absolute Gasteiger partial charge is 0.481 e. The fourth-order valence-electron chi connectivity index (χ4n) is 1.97. The number of nitrogens with zero attached hydrogens (tertiary/aromatic N) is 1. The van der Waals surface area contributed by atoms with Crippen molar-refractivity contribution in [2.24, 2.45) is 17.8 Å². The smallest absolute Gasteiger partial charge is 0.308 e. The average Bonchev–Trinajstić information content (AvgIpc) is 2.31. The Kier molecular flexibility index (Phi) is 2.73. The summed E-state index contributed by atoms with van der Waals surface area (Å²) < 4.78 is 0. The topological polar surface area (TPSA) is 40.5 Å². The third-order valence-corrected chi connectivity index (χ3v) is 2.72. The Balaban J connectivity index is 2.65. The van der Waals surface area contributed by atoms with Gasteiger partial charge in [0.1, 0.15) is 0 Å². The number of carbonyl (C=O) groups is 1. The summed E-state index contributed by atoms with van der Waals surface area (Å²) in [5.41, 5.74) is 0. The summed E-state index contributed by atoms with van der Waals surface area (Å²) in [6.45, 7) is 5.83. The van der Waals surface area contributed by atoms with Gasteiger partial charge in [0, 0.05) is 13.1 Å². The minimum Gasteiger partial charge on any atom is -0.481 e. The van der Waals surface area contributed by atoms with E-state index < -0.39 is 5.97 Å². The summed E-state index contributed by atoms with van der Waals surface area (Å²) in [5.74, 6) is -0.00315. The Morgan fingerprint density at radius 2 is 2.08 bits per heavy atom. The lowest BCUT2D eigenvalue weighted by Gasteiger charge is -2.17. The van der Waals surface area contributed by atoms with E-state index in [4.69, 9.17) is 5.11 Å². The molecule has 1 rings (SSSR count). The van der Waals surface area contributed by atoms with Gasteiger partial charge < -0.3 is 10.0 Å². The lowest BCUT2D eigenvalue weighted by molar-refractivity contribution is -0.143. The normalized spacial score (nSPS) is 31.3. The Morgan fingerprint density at radius 3 is 2.42 bits per heavy atom. The van der Waals surface area contributed by atoms with Gasteiger partial charge in [-0.3, -0.25) is 4.79 Å². The third-order valence-electron chi connectivity index (χ3n) is 2.72. The Hall–Kier alpha value is -0.570. The van der Waals surface area contributed by atoms with Crippen molar-refractivity contribution in [3.05, 3.63) is 0 Å². The van der Waals surface area contributed by atoms with Gasteiger partial charge in [-0.05, 0) is 18.9 Å². The Morgan fingerprint density at radius 1 is 1.50 bits per heavy atom.